The van der Waals surface area contributed by atoms with Crippen molar-refractivity contribution < 1.29 is 0 Å². The van der Waals surface area contributed by atoms with Gasteiger partial charge in [-0.1, -0.05) is 13.0 Å². The SMILES string of the molecule is CCc1[c]c(Br)c(Br)cc1. The summed E-state index contributed by atoms with van der Waals surface area (Å²) in [4.78, 5) is 0. The molecule has 0 aliphatic heterocycles. The summed E-state index contributed by atoms with van der Waals surface area (Å²) in [6.45, 7) is 2.12. The van der Waals surface area contributed by atoms with Gasteiger partial charge in [-0.05, 0) is 49.9 Å². The highest BCUT2D eigenvalue weighted by molar-refractivity contribution is 9.13. The maximum absolute atomic E-state index is 3.38. The van der Waals surface area contributed by atoms with Gasteiger partial charge in [0.15, 0.2) is 0 Å². The maximum atomic E-state index is 3.38. The normalized spacial score (nSPS) is 9.90. The Labute approximate surface area is 77.9 Å². The molecule has 0 N–H and O–H groups in total. The summed E-state index contributed by atoms with van der Waals surface area (Å²) < 4.78 is 2.07. The Hall–Kier alpha value is 0.180. The van der Waals surface area contributed by atoms with Gasteiger partial charge in [0.1, 0.15) is 0 Å². The lowest BCUT2D eigenvalue weighted by Gasteiger charge is -1.97. The zero-order valence-corrected chi connectivity index (χ0v) is 8.79. The molecule has 0 aliphatic carbocycles. The number of hydrogen-bond donors (Lipinski definition) is 0. The summed E-state index contributed by atoms with van der Waals surface area (Å²) in [6.07, 6.45) is 1.03. The van der Waals surface area contributed by atoms with Gasteiger partial charge >= 0.3 is 0 Å². The van der Waals surface area contributed by atoms with Crippen molar-refractivity contribution in [3.63, 3.8) is 0 Å². The Kier molecular flexibility index (Phi) is 2.93. The van der Waals surface area contributed by atoms with Crippen molar-refractivity contribution in [1.82, 2.24) is 0 Å². The number of halogens is 2. The van der Waals surface area contributed by atoms with Crippen LogP contribution in [-0.2, 0) is 6.42 Å². The van der Waals surface area contributed by atoms with Crippen molar-refractivity contribution in [2.75, 3.05) is 0 Å². The largest absolute Gasteiger partial charge is 0.0613 e. The van der Waals surface area contributed by atoms with Crippen molar-refractivity contribution >= 4 is 31.9 Å². The van der Waals surface area contributed by atoms with Crippen molar-refractivity contribution in [3.8, 4) is 0 Å². The standard InChI is InChI=1S/C8H7Br2/c1-2-6-3-4-7(9)8(10)5-6/h3-4H,2H2,1H3. The van der Waals surface area contributed by atoms with E-state index in [4.69, 9.17) is 0 Å². The summed E-state index contributed by atoms with van der Waals surface area (Å²) in [5.41, 5.74) is 1.23. The van der Waals surface area contributed by atoms with Crippen molar-refractivity contribution in [3.05, 3.63) is 32.7 Å². The van der Waals surface area contributed by atoms with Crippen LogP contribution in [0.3, 0.4) is 0 Å². The van der Waals surface area contributed by atoms with Crippen LogP contribution in [-0.4, -0.2) is 0 Å². The quantitative estimate of drug-likeness (QED) is 0.726. The van der Waals surface area contributed by atoms with E-state index >= 15 is 0 Å². The Morgan fingerprint density at radius 1 is 1.40 bits per heavy atom. The first kappa shape index (κ1) is 8.28. The first-order chi connectivity index (χ1) is 4.74. The average Bonchev–Trinajstić information content (AvgIpc) is 1.95. The second-order valence-corrected chi connectivity index (χ2v) is 3.65. The molecule has 1 rings (SSSR count). The molecule has 0 unspecified atom stereocenters. The van der Waals surface area contributed by atoms with E-state index < -0.39 is 0 Å². The molecule has 0 saturated heterocycles. The third-order valence-corrected chi connectivity index (χ3v) is 3.11. The Morgan fingerprint density at radius 3 is 2.60 bits per heavy atom. The number of rotatable bonds is 1. The first-order valence-corrected chi connectivity index (χ1v) is 4.69. The van der Waals surface area contributed by atoms with E-state index in [9.17, 15) is 0 Å². The molecular formula is C8H7Br2. The molecule has 0 nitrogen and oxygen atoms in total. The molecule has 0 heterocycles. The fraction of sp³-hybridized carbons (Fsp3) is 0.250. The molecule has 0 aromatic heterocycles. The second kappa shape index (κ2) is 3.54. The maximum Gasteiger partial charge on any atom is 0.0399 e. The Morgan fingerprint density at radius 2 is 2.10 bits per heavy atom. The molecule has 0 amide bonds. The van der Waals surface area contributed by atoms with Gasteiger partial charge in [0, 0.05) is 15.0 Å². The molecule has 1 aromatic rings. The van der Waals surface area contributed by atoms with E-state index in [2.05, 4.69) is 50.9 Å². The van der Waals surface area contributed by atoms with E-state index in [0.717, 1.165) is 15.4 Å². The number of aryl methyl sites for hydroxylation is 1. The highest BCUT2D eigenvalue weighted by Crippen LogP contribution is 2.22. The molecule has 1 radical (unpaired) electrons. The van der Waals surface area contributed by atoms with Crippen molar-refractivity contribution in [2.45, 2.75) is 13.3 Å². The van der Waals surface area contributed by atoms with E-state index in [-0.39, 0.29) is 0 Å². The van der Waals surface area contributed by atoms with Crippen LogP contribution in [0.25, 0.3) is 0 Å². The lowest BCUT2D eigenvalue weighted by Crippen LogP contribution is -1.79. The summed E-state index contributed by atoms with van der Waals surface area (Å²) in [5, 5.41) is 0. The van der Waals surface area contributed by atoms with Crippen LogP contribution in [0, 0.1) is 6.07 Å². The minimum Gasteiger partial charge on any atom is -0.0613 e. The summed E-state index contributed by atoms with van der Waals surface area (Å²) >= 11 is 6.76. The van der Waals surface area contributed by atoms with E-state index in [1.807, 2.05) is 6.07 Å². The van der Waals surface area contributed by atoms with E-state index in [0.29, 0.717) is 0 Å². The van der Waals surface area contributed by atoms with Gasteiger partial charge in [-0.2, -0.15) is 0 Å². The van der Waals surface area contributed by atoms with E-state index in [1.54, 1.807) is 0 Å². The zero-order chi connectivity index (χ0) is 7.56. The summed E-state index contributed by atoms with van der Waals surface area (Å²) in [5.74, 6) is 0. The first-order valence-electron chi connectivity index (χ1n) is 3.10. The molecule has 10 heavy (non-hydrogen) atoms. The third kappa shape index (κ3) is 1.83. The fourth-order valence-electron chi connectivity index (χ4n) is 0.695. The monoisotopic (exact) mass is 261 g/mol. The van der Waals surface area contributed by atoms with Crippen LogP contribution in [0.5, 0.6) is 0 Å². The fourth-order valence-corrected chi connectivity index (χ4v) is 1.31. The third-order valence-electron chi connectivity index (χ3n) is 1.29. The molecular weight excluding hydrogens is 256 g/mol. The van der Waals surface area contributed by atoms with Gasteiger partial charge in [0.2, 0.25) is 0 Å². The smallest absolute Gasteiger partial charge is 0.0399 e. The van der Waals surface area contributed by atoms with E-state index in [1.165, 1.54) is 5.56 Å². The molecule has 0 spiro atoms. The molecule has 0 bridgehead atoms. The van der Waals surface area contributed by atoms with Crippen LogP contribution in [0.2, 0.25) is 0 Å². The Balaban J connectivity index is 3.04. The number of benzene rings is 1. The van der Waals surface area contributed by atoms with Crippen LogP contribution in [0.15, 0.2) is 21.1 Å². The molecule has 2 heteroatoms. The molecule has 53 valence electrons. The van der Waals surface area contributed by atoms with Gasteiger partial charge in [-0.3, -0.25) is 0 Å². The van der Waals surface area contributed by atoms with Gasteiger partial charge in [0.25, 0.3) is 0 Å². The molecule has 0 fully saturated rings. The van der Waals surface area contributed by atoms with Crippen LogP contribution in [0.1, 0.15) is 12.5 Å². The van der Waals surface area contributed by atoms with Crippen molar-refractivity contribution in [2.24, 2.45) is 0 Å². The van der Waals surface area contributed by atoms with Crippen LogP contribution in [0.4, 0.5) is 0 Å². The van der Waals surface area contributed by atoms with Gasteiger partial charge in [-0.25, -0.2) is 0 Å². The highest BCUT2D eigenvalue weighted by atomic mass is 79.9. The lowest BCUT2D eigenvalue weighted by molar-refractivity contribution is 1.13. The zero-order valence-electron chi connectivity index (χ0n) is 5.62. The lowest BCUT2D eigenvalue weighted by atomic mass is 10.2. The van der Waals surface area contributed by atoms with Crippen LogP contribution >= 0.6 is 31.9 Å². The van der Waals surface area contributed by atoms with Crippen LogP contribution < -0.4 is 0 Å². The Bertz CT molecular complexity index is 231. The minimum atomic E-state index is 1.01. The summed E-state index contributed by atoms with van der Waals surface area (Å²) in [6, 6.07) is 7.29. The van der Waals surface area contributed by atoms with Gasteiger partial charge < -0.3 is 0 Å². The van der Waals surface area contributed by atoms with Crippen molar-refractivity contribution in [1.29, 1.82) is 0 Å². The molecule has 0 aliphatic rings. The topological polar surface area (TPSA) is 0 Å². The number of hydrogen-bond acceptors (Lipinski definition) is 0. The average molecular weight is 263 g/mol. The highest BCUT2D eigenvalue weighted by Gasteiger charge is 1.96. The van der Waals surface area contributed by atoms with Gasteiger partial charge in [-0.15, -0.1) is 0 Å². The predicted octanol–water partition coefficient (Wildman–Crippen LogP) is 3.57. The molecule has 1 aromatic carbocycles. The molecule has 0 saturated carbocycles. The summed E-state index contributed by atoms with van der Waals surface area (Å²) in [7, 11) is 0. The predicted molar refractivity (Wildman–Crippen MR) is 50.1 cm³/mol. The molecule has 0 atom stereocenters. The van der Waals surface area contributed by atoms with Gasteiger partial charge in [0.05, 0.1) is 0 Å². The minimum absolute atomic E-state index is 1.01. The second-order valence-electron chi connectivity index (χ2n) is 2.00.